The summed E-state index contributed by atoms with van der Waals surface area (Å²) in [5, 5.41) is 0. The summed E-state index contributed by atoms with van der Waals surface area (Å²) in [6.45, 7) is 2.01. The highest BCUT2D eigenvalue weighted by Gasteiger charge is 2.11. The van der Waals surface area contributed by atoms with Gasteiger partial charge >= 0.3 is 0 Å². The number of benzene rings is 2. The Morgan fingerprint density at radius 1 is 0.889 bits per heavy atom. The molecule has 0 bridgehead atoms. The highest BCUT2D eigenvalue weighted by Crippen LogP contribution is 2.25. The van der Waals surface area contributed by atoms with Gasteiger partial charge in [0.1, 0.15) is 11.6 Å². The zero-order valence-corrected chi connectivity index (χ0v) is 10.4. The molecule has 2 heteroatoms. The lowest BCUT2D eigenvalue weighted by molar-refractivity contribution is 0.550. The van der Waals surface area contributed by atoms with Crippen LogP contribution in [0.1, 0.15) is 25.3 Å². The van der Waals surface area contributed by atoms with Gasteiger partial charge in [-0.3, -0.25) is 0 Å². The molecule has 2 aromatic carbocycles. The van der Waals surface area contributed by atoms with E-state index >= 15 is 0 Å². The highest BCUT2D eigenvalue weighted by atomic mass is 19.1. The van der Waals surface area contributed by atoms with Crippen LogP contribution in [0.25, 0.3) is 11.1 Å². The SMILES string of the molecule is CCCCc1c(F)cc(-c2ccccc2)cc1F. The first-order chi connectivity index (χ1) is 8.72. The van der Waals surface area contributed by atoms with Crippen molar-refractivity contribution < 1.29 is 8.78 Å². The Labute approximate surface area is 106 Å². The summed E-state index contributed by atoms with van der Waals surface area (Å²) in [6, 6.07) is 12.1. The maximum atomic E-state index is 13.9. The molecule has 0 amide bonds. The van der Waals surface area contributed by atoms with E-state index in [0.29, 0.717) is 12.0 Å². The molecule has 0 unspecified atom stereocenters. The first-order valence-electron chi connectivity index (χ1n) is 6.25. The number of hydrogen-bond donors (Lipinski definition) is 0. The lowest BCUT2D eigenvalue weighted by Gasteiger charge is -2.08. The van der Waals surface area contributed by atoms with Crippen LogP contribution in [0.5, 0.6) is 0 Å². The van der Waals surface area contributed by atoms with Crippen molar-refractivity contribution in [3.05, 3.63) is 59.7 Å². The van der Waals surface area contributed by atoms with Crippen LogP contribution in [0, 0.1) is 11.6 Å². The van der Waals surface area contributed by atoms with Crippen molar-refractivity contribution in [1.29, 1.82) is 0 Å². The third-order valence-electron chi connectivity index (χ3n) is 3.03. The van der Waals surface area contributed by atoms with Crippen molar-refractivity contribution in [3.63, 3.8) is 0 Å². The first kappa shape index (κ1) is 12.7. The molecular weight excluding hydrogens is 230 g/mol. The monoisotopic (exact) mass is 246 g/mol. The van der Waals surface area contributed by atoms with Crippen molar-refractivity contribution in [2.24, 2.45) is 0 Å². The minimum Gasteiger partial charge on any atom is -0.207 e. The van der Waals surface area contributed by atoms with Gasteiger partial charge in [-0.25, -0.2) is 8.78 Å². The molecule has 0 fully saturated rings. The van der Waals surface area contributed by atoms with Gasteiger partial charge in [0.15, 0.2) is 0 Å². The van der Waals surface area contributed by atoms with E-state index < -0.39 is 11.6 Å². The van der Waals surface area contributed by atoms with Gasteiger partial charge < -0.3 is 0 Å². The molecule has 0 atom stereocenters. The van der Waals surface area contributed by atoms with Crippen molar-refractivity contribution in [2.45, 2.75) is 26.2 Å². The van der Waals surface area contributed by atoms with Gasteiger partial charge in [0.2, 0.25) is 0 Å². The van der Waals surface area contributed by atoms with Gasteiger partial charge in [0, 0.05) is 5.56 Å². The summed E-state index contributed by atoms with van der Waals surface area (Å²) in [5.74, 6) is -0.885. The van der Waals surface area contributed by atoms with Crippen LogP contribution >= 0.6 is 0 Å². The fourth-order valence-electron chi connectivity index (χ4n) is 1.99. The van der Waals surface area contributed by atoms with Crippen molar-refractivity contribution in [3.8, 4) is 11.1 Å². The number of unbranched alkanes of at least 4 members (excludes halogenated alkanes) is 1. The molecule has 0 spiro atoms. The second-order valence-corrected chi connectivity index (χ2v) is 4.39. The Morgan fingerprint density at radius 2 is 1.50 bits per heavy atom. The van der Waals surface area contributed by atoms with Crippen LogP contribution in [0.15, 0.2) is 42.5 Å². The van der Waals surface area contributed by atoms with Gasteiger partial charge in [0.25, 0.3) is 0 Å². The van der Waals surface area contributed by atoms with Gasteiger partial charge in [-0.1, -0.05) is 43.7 Å². The lowest BCUT2D eigenvalue weighted by Crippen LogP contribution is -1.97. The van der Waals surface area contributed by atoms with Crippen molar-refractivity contribution in [1.82, 2.24) is 0 Å². The molecule has 94 valence electrons. The maximum Gasteiger partial charge on any atom is 0.129 e. The van der Waals surface area contributed by atoms with E-state index in [4.69, 9.17) is 0 Å². The fourth-order valence-corrected chi connectivity index (χ4v) is 1.99. The topological polar surface area (TPSA) is 0 Å². The third-order valence-corrected chi connectivity index (χ3v) is 3.03. The molecule has 0 aliphatic carbocycles. The first-order valence-corrected chi connectivity index (χ1v) is 6.25. The number of halogens is 2. The molecule has 0 aliphatic heterocycles. The van der Waals surface area contributed by atoms with Crippen LogP contribution < -0.4 is 0 Å². The second kappa shape index (κ2) is 5.76. The molecule has 2 rings (SSSR count). The number of rotatable bonds is 4. The lowest BCUT2D eigenvalue weighted by atomic mass is 10.0. The summed E-state index contributed by atoms with van der Waals surface area (Å²) < 4.78 is 27.8. The van der Waals surface area contributed by atoms with Gasteiger partial charge in [-0.05, 0) is 36.1 Å². The van der Waals surface area contributed by atoms with E-state index in [1.807, 2.05) is 37.3 Å². The van der Waals surface area contributed by atoms with E-state index in [2.05, 4.69) is 0 Å². The largest absolute Gasteiger partial charge is 0.207 e. The minimum absolute atomic E-state index is 0.205. The molecule has 0 radical (unpaired) electrons. The molecule has 18 heavy (non-hydrogen) atoms. The summed E-state index contributed by atoms with van der Waals surface area (Å²) in [4.78, 5) is 0. The van der Waals surface area contributed by atoms with Gasteiger partial charge in [-0.15, -0.1) is 0 Å². The van der Waals surface area contributed by atoms with E-state index in [1.54, 1.807) is 0 Å². The average Bonchev–Trinajstić information content (AvgIpc) is 2.39. The van der Waals surface area contributed by atoms with Gasteiger partial charge in [0.05, 0.1) is 0 Å². The Hall–Kier alpha value is -1.70. The number of hydrogen-bond acceptors (Lipinski definition) is 0. The molecule has 0 saturated carbocycles. The Bertz CT molecular complexity index is 495. The third kappa shape index (κ3) is 2.76. The Morgan fingerprint density at radius 3 is 2.06 bits per heavy atom. The smallest absolute Gasteiger partial charge is 0.129 e. The highest BCUT2D eigenvalue weighted by molar-refractivity contribution is 5.63. The zero-order chi connectivity index (χ0) is 13.0. The Kier molecular flexibility index (Phi) is 4.08. The molecule has 0 nitrogen and oxygen atoms in total. The molecule has 2 aromatic rings. The standard InChI is InChI=1S/C16H16F2/c1-2-3-9-14-15(17)10-13(11-16(14)18)12-7-5-4-6-8-12/h4-8,10-11H,2-3,9H2,1H3. The Balaban J connectivity index is 2.36. The van der Waals surface area contributed by atoms with Crippen molar-refractivity contribution in [2.75, 3.05) is 0 Å². The molecule has 0 aliphatic rings. The van der Waals surface area contributed by atoms with Crippen LogP contribution in [-0.4, -0.2) is 0 Å². The normalized spacial score (nSPS) is 10.6. The maximum absolute atomic E-state index is 13.9. The minimum atomic E-state index is -0.442. The van der Waals surface area contributed by atoms with E-state index in [9.17, 15) is 8.78 Å². The van der Waals surface area contributed by atoms with E-state index in [1.165, 1.54) is 12.1 Å². The summed E-state index contributed by atoms with van der Waals surface area (Å²) >= 11 is 0. The van der Waals surface area contributed by atoms with Crippen LogP contribution in [0.4, 0.5) is 8.78 Å². The van der Waals surface area contributed by atoms with E-state index in [0.717, 1.165) is 18.4 Å². The summed E-state index contributed by atoms with van der Waals surface area (Å²) in [5.41, 5.74) is 1.62. The van der Waals surface area contributed by atoms with Crippen LogP contribution in [0.2, 0.25) is 0 Å². The van der Waals surface area contributed by atoms with Crippen LogP contribution in [0.3, 0.4) is 0 Å². The molecular formula is C16H16F2. The van der Waals surface area contributed by atoms with Crippen LogP contribution in [-0.2, 0) is 6.42 Å². The summed E-state index contributed by atoms with van der Waals surface area (Å²) in [6.07, 6.45) is 2.20. The molecule has 0 N–H and O–H groups in total. The van der Waals surface area contributed by atoms with E-state index in [-0.39, 0.29) is 5.56 Å². The average molecular weight is 246 g/mol. The summed E-state index contributed by atoms with van der Waals surface area (Å²) in [7, 11) is 0. The molecule has 0 saturated heterocycles. The predicted molar refractivity (Wildman–Crippen MR) is 70.4 cm³/mol. The predicted octanol–water partition coefficient (Wildman–Crippen LogP) is 4.97. The second-order valence-electron chi connectivity index (χ2n) is 4.39. The van der Waals surface area contributed by atoms with Gasteiger partial charge in [-0.2, -0.15) is 0 Å². The quantitative estimate of drug-likeness (QED) is 0.714. The van der Waals surface area contributed by atoms with Crippen molar-refractivity contribution >= 4 is 0 Å². The molecule has 0 heterocycles. The fraction of sp³-hybridized carbons (Fsp3) is 0.250. The molecule has 0 aromatic heterocycles. The zero-order valence-electron chi connectivity index (χ0n) is 10.4.